The molecule has 0 spiro atoms. The molecule has 3 nitrogen and oxygen atoms in total. The van der Waals surface area contributed by atoms with Crippen LogP contribution in [0, 0.1) is 0 Å². The highest BCUT2D eigenvalue weighted by Crippen LogP contribution is 2.24. The third-order valence-corrected chi connectivity index (χ3v) is 4.00. The SMILES string of the molecule is CC(=O)Nc1ccc(Cc2nc3ccccc3s2)cc1. The molecule has 2 aromatic carbocycles. The van der Waals surface area contributed by atoms with Crippen molar-refractivity contribution in [2.24, 2.45) is 0 Å². The van der Waals surface area contributed by atoms with Crippen LogP contribution in [0.25, 0.3) is 10.2 Å². The molecule has 0 fully saturated rings. The first-order valence-electron chi connectivity index (χ1n) is 6.42. The normalized spacial score (nSPS) is 10.7. The van der Waals surface area contributed by atoms with Crippen LogP contribution in [0.1, 0.15) is 17.5 Å². The van der Waals surface area contributed by atoms with E-state index in [2.05, 4.69) is 16.4 Å². The Labute approximate surface area is 121 Å². The molecule has 1 amide bonds. The number of anilines is 1. The number of para-hydroxylation sites is 1. The fourth-order valence-corrected chi connectivity index (χ4v) is 3.08. The van der Waals surface area contributed by atoms with Gasteiger partial charge >= 0.3 is 0 Å². The summed E-state index contributed by atoms with van der Waals surface area (Å²) in [6.07, 6.45) is 0.819. The van der Waals surface area contributed by atoms with E-state index in [0.29, 0.717) is 0 Å². The Kier molecular flexibility index (Phi) is 3.48. The first kappa shape index (κ1) is 12.8. The molecule has 0 unspecified atom stereocenters. The average Bonchev–Trinajstić information content (AvgIpc) is 2.82. The summed E-state index contributed by atoms with van der Waals surface area (Å²) in [5, 5.41) is 3.88. The zero-order valence-corrected chi connectivity index (χ0v) is 11.9. The number of carbonyl (C=O) groups is 1. The Morgan fingerprint density at radius 1 is 1.15 bits per heavy atom. The lowest BCUT2D eigenvalue weighted by Gasteiger charge is -2.03. The summed E-state index contributed by atoms with van der Waals surface area (Å²) in [6.45, 7) is 1.51. The number of benzene rings is 2. The zero-order chi connectivity index (χ0) is 13.9. The summed E-state index contributed by atoms with van der Waals surface area (Å²) in [4.78, 5) is 15.6. The zero-order valence-electron chi connectivity index (χ0n) is 11.1. The minimum absolute atomic E-state index is 0.0519. The van der Waals surface area contributed by atoms with Crippen molar-refractivity contribution >= 4 is 33.1 Å². The van der Waals surface area contributed by atoms with E-state index < -0.39 is 0 Å². The molecular formula is C16H14N2OS. The second-order valence-corrected chi connectivity index (χ2v) is 5.75. The molecule has 0 aliphatic carbocycles. The van der Waals surface area contributed by atoms with Gasteiger partial charge in [-0.1, -0.05) is 24.3 Å². The molecule has 3 rings (SSSR count). The van der Waals surface area contributed by atoms with Gasteiger partial charge < -0.3 is 5.32 Å². The summed E-state index contributed by atoms with van der Waals surface area (Å²) in [5.74, 6) is -0.0519. The summed E-state index contributed by atoms with van der Waals surface area (Å²) in [5.41, 5.74) is 3.08. The van der Waals surface area contributed by atoms with Crippen molar-refractivity contribution in [3.05, 3.63) is 59.1 Å². The lowest BCUT2D eigenvalue weighted by atomic mass is 10.1. The molecule has 4 heteroatoms. The van der Waals surface area contributed by atoms with Crippen LogP contribution in [0.2, 0.25) is 0 Å². The van der Waals surface area contributed by atoms with Crippen molar-refractivity contribution in [3.63, 3.8) is 0 Å². The summed E-state index contributed by atoms with van der Waals surface area (Å²) in [7, 11) is 0. The lowest BCUT2D eigenvalue weighted by Crippen LogP contribution is -2.05. The molecule has 0 saturated heterocycles. The van der Waals surface area contributed by atoms with Gasteiger partial charge in [0.1, 0.15) is 0 Å². The molecule has 0 aliphatic rings. The van der Waals surface area contributed by atoms with Crippen molar-refractivity contribution in [2.45, 2.75) is 13.3 Å². The van der Waals surface area contributed by atoms with Gasteiger partial charge in [0.25, 0.3) is 0 Å². The number of hydrogen-bond acceptors (Lipinski definition) is 3. The highest BCUT2D eigenvalue weighted by Gasteiger charge is 2.04. The Balaban J connectivity index is 1.78. The molecule has 0 atom stereocenters. The number of amides is 1. The summed E-state index contributed by atoms with van der Waals surface area (Å²) in [6, 6.07) is 16.1. The molecule has 0 saturated carbocycles. The number of carbonyl (C=O) groups excluding carboxylic acids is 1. The van der Waals surface area contributed by atoms with Crippen LogP contribution in [0.3, 0.4) is 0 Å². The monoisotopic (exact) mass is 282 g/mol. The van der Waals surface area contributed by atoms with Crippen LogP contribution in [-0.2, 0) is 11.2 Å². The van der Waals surface area contributed by atoms with Crippen LogP contribution in [-0.4, -0.2) is 10.9 Å². The predicted molar refractivity (Wildman–Crippen MR) is 83.2 cm³/mol. The Bertz CT molecular complexity index is 714. The second kappa shape index (κ2) is 5.43. The second-order valence-electron chi connectivity index (χ2n) is 4.63. The van der Waals surface area contributed by atoms with Crippen molar-refractivity contribution in [3.8, 4) is 0 Å². The van der Waals surface area contributed by atoms with E-state index in [9.17, 15) is 4.79 Å². The molecule has 3 aromatic rings. The average molecular weight is 282 g/mol. The van der Waals surface area contributed by atoms with E-state index in [1.807, 2.05) is 42.5 Å². The maximum atomic E-state index is 11.0. The van der Waals surface area contributed by atoms with Gasteiger partial charge in [0.05, 0.1) is 15.2 Å². The number of thiazole rings is 1. The first-order valence-corrected chi connectivity index (χ1v) is 7.23. The highest BCUT2D eigenvalue weighted by atomic mass is 32.1. The van der Waals surface area contributed by atoms with Crippen molar-refractivity contribution in [1.82, 2.24) is 4.98 Å². The topological polar surface area (TPSA) is 42.0 Å². The summed E-state index contributed by atoms with van der Waals surface area (Å²) < 4.78 is 1.22. The van der Waals surface area contributed by atoms with E-state index in [1.54, 1.807) is 11.3 Å². The number of nitrogens with zero attached hydrogens (tertiary/aromatic N) is 1. The van der Waals surface area contributed by atoms with Crippen LogP contribution in [0.15, 0.2) is 48.5 Å². The van der Waals surface area contributed by atoms with Crippen LogP contribution in [0.5, 0.6) is 0 Å². The fraction of sp³-hybridized carbons (Fsp3) is 0.125. The molecule has 0 aliphatic heterocycles. The van der Waals surface area contributed by atoms with E-state index in [4.69, 9.17) is 0 Å². The van der Waals surface area contributed by atoms with E-state index in [1.165, 1.54) is 17.2 Å². The quantitative estimate of drug-likeness (QED) is 0.793. The first-order chi connectivity index (χ1) is 9.70. The minimum Gasteiger partial charge on any atom is -0.326 e. The van der Waals surface area contributed by atoms with Crippen LogP contribution < -0.4 is 5.32 Å². The third kappa shape index (κ3) is 2.86. The molecule has 1 N–H and O–H groups in total. The van der Waals surface area contributed by atoms with Gasteiger partial charge in [-0.25, -0.2) is 4.98 Å². The van der Waals surface area contributed by atoms with E-state index in [0.717, 1.165) is 22.6 Å². The van der Waals surface area contributed by atoms with Gasteiger partial charge in [-0.3, -0.25) is 4.79 Å². The summed E-state index contributed by atoms with van der Waals surface area (Å²) >= 11 is 1.73. The van der Waals surface area contributed by atoms with Gasteiger partial charge in [-0.2, -0.15) is 0 Å². The van der Waals surface area contributed by atoms with Crippen molar-refractivity contribution in [1.29, 1.82) is 0 Å². The smallest absolute Gasteiger partial charge is 0.221 e. The van der Waals surface area contributed by atoms with Gasteiger partial charge in [0.2, 0.25) is 5.91 Å². The minimum atomic E-state index is -0.0519. The predicted octanol–water partition coefficient (Wildman–Crippen LogP) is 3.85. The fourth-order valence-electron chi connectivity index (χ4n) is 2.08. The number of nitrogens with one attached hydrogen (secondary N) is 1. The standard InChI is InChI=1S/C16H14N2OS/c1-11(19)17-13-8-6-12(7-9-13)10-16-18-14-4-2-3-5-15(14)20-16/h2-9H,10H2,1H3,(H,17,19). The Morgan fingerprint density at radius 3 is 2.60 bits per heavy atom. The molecule has 0 bridgehead atoms. The van der Waals surface area contributed by atoms with Gasteiger partial charge in [-0.15, -0.1) is 11.3 Å². The number of hydrogen-bond donors (Lipinski definition) is 1. The Hall–Kier alpha value is -2.20. The van der Waals surface area contributed by atoms with Crippen molar-refractivity contribution in [2.75, 3.05) is 5.32 Å². The molecule has 20 heavy (non-hydrogen) atoms. The Morgan fingerprint density at radius 2 is 1.90 bits per heavy atom. The van der Waals surface area contributed by atoms with Crippen LogP contribution >= 0.6 is 11.3 Å². The molecule has 0 radical (unpaired) electrons. The lowest BCUT2D eigenvalue weighted by molar-refractivity contribution is -0.114. The largest absolute Gasteiger partial charge is 0.326 e. The third-order valence-electron chi connectivity index (χ3n) is 2.97. The van der Waals surface area contributed by atoms with Gasteiger partial charge in [-0.05, 0) is 29.8 Å². The van der Waals surface area contributed by atoms with Gasteiger partial charge in [0, 0.05) is 19.0 Å². The molecule has 1 heterocycles. The maximum absolute atomic E-state index is 11.0. The molecule has 100 valence electrons. The molecular weight excluding hydrogens is 268 g/mol. The van der Waals surface area contributed by atoms with E-state index in [-0.39, 0.29) is 5.91 Å². The highest BCUT2D eigenvalue weighted by molar-refractivity contribution is 7.18. The van der Waals surface area contributed by atoms with Gasteiger partial charge in [0.15, 0.2) is 0 Å². The van der Waals surface area contributed by atoms with Crippen molar-refractivity contribution < 1.29 is 4.79 Å². The number of fused-ring (bicyclic) bond motifs is 1. The maximum Gasteiger partial charge on any atom is 0.221 e. The number of rotatable bonds is 3. The van der Waals surface area contributed by atoms with E-state index >= 15 is 0 Å². The number of aromatic nitrogens is 1. The van der Waals surface area contributed by atoms with Crippen LogP contribution in [0.4, 0.5) is 5.69 Å². The molecule has 1 aromatic heterocycles.